The first-order chi connectivity index (χ1) is 8.29. The lowest BCUT2D eigenvalue weighted by atomic mass is 9.79. The van der Waals surface area contributed by atoms with E-state index in [1.54, 1.807) is 11.3 Å². The van der Waals surface area contributed by atoms with Crippen LogP contribution in [0.1, 0.15) is 49.1 Å². The molecule has 3 nitrogen and oxygen atoms in total. The van der Waals surface area contributed by atoms with Crippen LogP contribution in [0.15, 0.2) is 0 Å². The zero-order valence-electron chi connectivity index (χ0n) is 10.5. The van der Waals surface area contributed by atoms with Gasteiger partial charge < -0.3 is 5.73 Å². The topological polar surface area (TPSA) is 42.2 Å². The molecule has 94 valence electrons. The summed E-state index contributed by atoms with van der Waals surface area (Å²) in [5, 5.41) is 0.767. The minimum atomic E-state index is 0.660. The van der Waals surface area contributed by atoms with E-state index in [0.29, 0.717) is 5.92 Å². The van der Waals surface area contributed by atoms with E-state index in [0.717, 1.165) is 11.2 Å². The molecule has 0 bridgehead atoms. The molecular weight excluding hydrogens is 230 g/mol. The van der Waals surface area contributed by atoms with Crippen LogP contribution >= 0.6 is 11.3 Å². The van der Waals surface area contributed by atoms with E-state index < -0.39 is 0 Å². The van der Waals surface area contributed by atoms with Gasteiger partial charge in [-0.3, -0.25) is 4.90 Å². The highest BCUT2D eigenvalue weighted by molar-refractivity contribution is 7.15. The van der Waals surface area contributed by atoms with Gasteiger partial charge in [-0.25, -0.2) is 4.98 Å². The summed E-state index contributed by atoms with van der Waals surface area (Å²) < 4.78 is 0. The van der Waals surface area contributed by atoms with Crippen molar-refractivity contribution >= 4 is 16.5 Å². The van der Waals surface area contributed by atoms with Gasteiger partial charge >= 0.3 is 0 Å². The van der Waals surface area contributed by atoms with Gasteiger partial charge in [0.2, 0.25) is 0 Å². The number of thiazole rings is 1. The fourth-order valence-corrected chi connectivity index (χ4v) is 4.44. The van der Waals surface area contributed by atoms with Crippen molar-refractivity contribution in [3.05, 3.63) is 10.6 Å². The predicted octanol–water partition coefficient (Wildman–Crippen LogP) is 2.63. The van der Waals surface area contributed by atoms with Gasteiger partial charge in [0.25, 0.3) is 0 Å². The molecule has 3 rings (SSSR count). The highest BCUT2D eigenvalue weighted by Gasteiger charge is 2.37. The molecule has 2 N–H and O–H groups in total. The summed E-state index contributed by atoms with van der Waals surface area (Å²) >= 11 is 1.71. The molecule has 1 aliphatic heterocycles. The molecule has 0 aromatic carbocycles. The Hall–Kier alpha value is -0.610. The monoisotopic (exact) mass is 251 g/mol. The summed E-state index contributed by atoms with van der Waals surface area (Å²) in [4.78, 5) is 8.75. The van der Waals surface area contributed by atoms with E-state index in [1.165, 1.54) is 55.8 Å². The Morgan fingerprint density at radius 3 is 3.18 bits per heavy atom. The van der Waals surface area contributed by atoms with Gasteiger partial charge in [-0.05, 0) is 45.2 Å². The molecule has 0 amide bonds. The number of hydrogen-bond donors (Lipinski definition) is 1. The van der Waals surface area contributed by atoms with Crippen molar-refractivity contribution in [3.63, 3.8) is 0 Å². The van der Waals surface area contributed by atoms with Crippen LogP contribution in [0.5, 0.6) is 0 Å². The number of nitrogen functional groups attached to an aromatic ring is 1. The number of fused-ring (bicyclic) bond motifs is 3. The zero-order chi connectivity index (χ0) is 11.8. The Labute approximate surface area is 107 Å². The quantitative estimate of drug-likeness (QED) is 0.878. The van der Waals surface area contributed by atoms with Crippen molar-refractivity contribution in [1.29, 1.82) is 0 Å². The van der Waals surface area contributed by atoms with Gasteiger partial charge in [0, 0.05) is 16.8 Å². The van der Waals surface area contributed by atoms with E-state index >= 15 is 0 Å². The molecular formula is C13H21N3S. The second-order valence-electron chi connectivity index (χ2n) is 5.25. The Bertz CT molecular complexity index is 399. The average Bonchev–Trinajstić information content (AvgIpc) is 2.70. The second-order valence-corrected chi connectivity index (χ2v) is 6.37. The summed E-state index contributed by atoms with van der Waals surface area (Å²) in [6.07, 6.45) is 6.37. The lowest BCUT2D eigenvalue weighted by Crippen LogP contribution is -2.46. The Morgan fingerprint density at radius 1 is 1.47 bits per heavy atom. The van der Waals surface area contributed by atoms with Crippen molar-refractivity contribution in [1.82, 2.24) is 9.88 Å². The molecule has 1 aromatic rings. The summed E-state index contributed by atoms with van der Waals surface area (Å²) in [6, 6.07) is 0.734. The molecule has 0 saturated carbocycles. The lowest BCUT2D eigenvalue weighted by Gasteiger charge is -2.43. The van der Waals surface area contributed by atoms with Crippen molar-refractivity contribution in [2.24, 2.45) is 0 Å². The van der Waals surface area contributed by atoms with Crippen LogP contribution in [0.3, 0.4) is 0 Å². The first kappa shape index (κ1) is 11.5. The van der Waals surface area contributed by atoms with Gasteiger partial charge in [0.15, 0.2) is 5.13 Å². The number of aryl methyl sites for hydroxylation is 1. The molecule has 1 fully saturated rings. The maximum Gasteiger partial charge on any atom is 0.180 e. The van der Waals surface area contributed by atoms with Crippen LogP contribution in [-0.2, 0) is 6.42 Å². The number of rotatable bonds is 2. The van der Waals surface area contributed by atoms with E-state index in [9.17, 15) is 0 Å². The normalized spacial score (nSPS) is 28.8. The molecule has 1 saturated heterocycles. The molecule has 4 heteroatoms. The van der Waals surface area contributed by atoms with Crippen LogP contribution in [0.4, 0.5) is 5.13 Å². The van der Waals surface area contributed by atoms with Crippen molar-refractivity contribution in [2.75, 3.05) is 18.8 Å². The van der Waals surface area contributed by atoms with E-state index in [-0.39, 0.29) is 0 Å². The summed E-state index contributed by atoms with van der Waals surface area (Å²) in [5.41, 5.74) is 7.20. The first-order valence-electron chi connectivity index (χ1n) is 6.78. The Balaban J connectivity index is 1.87. The minimum absolute atomic E-state index is 0.660. The highest BCUT2D eigenvalue weighted by atomic mass is 32.1. The van der Waals surface area contributed by atoms with Crippen LogP contribution in [0.25, 0.3) is 0 Å². The Morgan fingerprint density at radius 2 is 2.35 bits per heavy atom. The number of aromatic nitrogens is 1. The van der Waals surface area contributed by atoms with Crippen molar-refractivity contribution in [2.45, 2.75) is 51.0 Å². The molecule has 2 heterocycles. The third-order valence-corrected chi connectivity index (χ3v) is 5.13. The fraction of sp³-hybridized carbons (Fsp3) is 0.769. The fourth-order valence-electron chi connectivity index (χ4n) is 3.52. The molecule has 2 atom stereocenters. The largest absolute Gasteiger partial charge is 0.375 e. The highest BCUT2D eigenvalue weighted by Crippen LogP contribution is 2.42. The van der Waals surface area contributed by atoms with E-state index in [2.05, 4.69) is 16.8 Å². The first-order valence-corrected chi connectivity index (χ1v) is 7.60. The number of nitrogens with two attached hydrogens (primary N) is 1. The number of likely N-dealkylation sites (tertiary alicyclic amines) is 1. The second kappa shape index (κ2) is 4.58. The van der Waals surface area contributed by atoms with Crippen LogP contribution in [0.2, 0.25) is 0 Å². The zero-order valence-corrected chi connectivity index (χ0v) is 11.3. The Kier molecular flexibility index (Phi) is 3.09. The third-order valence-electron chi connectivity index (χ3n) is 4.17. The van der Waals surface area contributed by atoms with Crippen molar-refractivity contribution in [3.8, 4) is 0 Å². The van der Waals surface area contributed by atoms with Gasteiger partial charge in [0.05, 0.1) is 5.69 Å². The summed E-state index contributed by atoms with van der Waals surface area (Å²) in [6.45, 7) is 4.80. The van der Waals surface area contributed by atoms with E-state index in [4.69, 9.17) is 5.73 Å². The molecule has 0 spiro atoms. The number of anilines is 1. The third kappa shape index (κ3) is 1.97. The smallest absolute Gasteiger partial charge is 0.180 e. The SMILES string of the molecule is CCCN1CCC[C@H]2c3nc(N)sc3CC[C@@H]21. The number of nitrogens with zero attached hydrogens (tertiary/aromatic N) is 2. The van der Waals surface area contributed by atoms with Crippen LogP contribution in [0, 0.1) is 0 Å². The van der Waals surface area contributed by atoms with E-state index in [1.807, 2.05) is 0 Å². The van der Waals surface area contributed by atoms with Crippen LogP contribution < -0.4 is 5.73 Å². The number of piperidine rings is 1. The number of hydrogen-bond acceptors (Lipinski definition) is 4. The summed E-state index contributed by atoms with van der Waals surface area (Å²) in [5.74, 6) is 0.660. The van der Waals surface area contributed by atoms with Gasteiger partial charge in [-0.15, -0.1) is 11.3 Å². The molecule has 17 heavy (non-hydrogen) atoms. The minimum Gasteiger partial charge on any atom is -0.375 e. The van der Waals surface area contributed by atoms with Gasteiger partial charge in [-0.1, -0.05) is 6.92 Å². The molecule has 2 aliphatic rings. The van der Waals surface area contributed by atoms with Gasteiger partial charge in [-0.2, -0.15) is 0 Å². The summed E-state index contributed by atoms with van der Waals surface area (Å²) in [7, 11) is 0. The maximum atomic E-state index is 5.87. The molecule has 1 aromatic heterocycles. The molecule has 0 unspecified atom stereocenters. The van der Waals surface area contributed by atoms with Crippen LogP contribution in [-0.4, -0.2) is 29.0 Å². The maximum absolute atomic E-state index is 5.87. The molecule has 0 radical (unpaired) electrons. The van der Waals surface area contributed by atoms with Gasteiger partial charge in [0.1, 0.15) is 0 Å². The average molecular weight is 251 g/mol. The lowest BCUT2D eigenvalue weighted by molar-refractivity contribution is 0.112. The standard InChI is InChI=1S/C13H21N3S/c1-2-7-16-8-3-4-9-10(16)5-6-11-12(9)15-13(14)17-11/h9-10H,2-8H2,1H3,(H2,14,15)/t9-,10+/m1/s1. The predicted molar refractivity (Wildman–Crippen MR) is 72.5 cm³/mol. The molecule has 1 aliphatic carbocycles. The van der Waals surface area contributed by atoms with Crippen molar-refractivity contribution < 1.29 is 0 Å².